The highest BCUT2D eigenvalue weighted by Crippen LogP contribution is 2.74. The number of carbonyl (C=O) groups is 1. The molecule has 0 bridgehead atoms. The molecule has 0 radical (unpaired) electrons. The van der Waals surface area contributed by atoms with Gasteiger partial charge in [-0.2, -0.15) is 0 Å². The topological polar surface area (TPSA) is 146 Å². The predicted octanol–water partition coefficient (Wildman–Crippen LogP) is 3.93. The van der Waals surface area contributed by atoms with Crippen molar-refractivity contribution in [2.75, 3.05) is 13.7 Å². The molecule has 46 heavy (non-hydrogen) atoms. The maximum absolute atomic E-state index is 13.5. The summed E-state index contributed by atoms with van der Waals surface area (Å²) >= 11 is 0. The molecule has 9 heteroatoms. The van der Waals surface area contributed by atoms with E-state index >= 15 is 0 Å². The van der Waals surface area contributed by atoms with Gasteiger partial charge in [0.2, 0.25) is 0 Å². The third-order valence-corrected chi connectivity index (χ3v) is 14.0. The van der Waals surface area contributed by atoms with Crippen LogP contribution in [0.3, 0.4) is 0 Å². The van der Waals surface area contributed by atoms with Gasteiger partial charge in [0.1, 0.15) is 30.7 Å². The lowest BCUT2D eigenvalue weighted by Gasteiger charge is -2.66. The lowest BCUT2D eigenvalue weighted by molar-refractivity contribution is -0.320. The van der Waals surface area contributed by atoms with Gasteiger partial charge in [-0.3, -0.25) is 0 Å². The SMILES string of the molecule is COC(C)(C)C=CC[C@@H](C)[C@H]1CC[C@@]2(C)[C@@H]3[C@@H](O)C=C4[C@@H](CC[C@H](O[C@@H]5O[C@H](CO)[C@@H](O)[C@@H](O)[C@H]5O)C4(C)C)[C@]3(C=O)CC[C@]12C. The van der Waals surface area contributed by atoms with E-state index in [9.17, 15) is 30.3 Å². The zero-order valence-corrected chi connectivity index (χ0v) is 29.2. The molecule has 9 nitrogen and oxygen atoms in total. The van der Waals surface area contributed by atoms with Gasteiger partial charge < -0.3 is 44.5 Å². The van der Waals surface area contributed by atoms with Crippen LogP contribution >= 0.6 is 0 Å². The van der Waals surface area contributed by atoms with Crippen LogP contribution in [0.4, 0.5) is 0 Å². The van der Waals surface area contributed by atoms with Gasteiger partial charge in [0.25, 0.3) is 0 Å². The second-order valence-corrected chi connectivity index (χ2v) is 16.9. The number of carbonyl (C=O) groups excluding carboxylic acids is 1. The summed E-state index contributed by atoms with van der Waals surface area (Å²) in [6.07, 6.45) is 5.57. The van der Waals surface area contributed by atoms with E-state index in [2.05, 4.69) is 46.8 Å². The van der Waals surface area contributed by atoms with Crippen molar-refractivity contribution in [1.29, 1.82) is 0 Å². The summed E-state index contributed by atoms with van der Waals surface area (Å²) in [6, 6.07) is 0. The summed E-state index contributed by atoms with van der Waals surface area (Å²) in [4.78, 5) is 13.5. The molecule has 4 fully saturated rings. The van der Waals surface area contributed by atoms with Crippen molar-refractivity contribution in [2.45, 2.75) is 142 Å². The van der Waals surface area contributed by atoms with Crippen molar-refractivity contribution in [2.24, 2.45) is 45.3 Å². The highest BCUT2D eigenvalue weighted by molar-refractivity contribution is 5.65. The maximum Gasteiger partial charge on any atom is 0.187 e. The van der Waals surface area contributed by atoms with E-state index in [1.54, 1.807) is 7.11 Å². The fourth-order valence-electron chi connectivity index (χ4n) is 10.9. The Morgan fingerprint density at radius 3 is 2.33 bits per heavy atom. The molecule has 0 aromatic rings. The van der Waals surface area contributed by atoms with E-state index in [1.165, 1.54) is 6.29 Å². The van der Waals surface area contributed by atoms with E-state index in [0.717, 1.165) is 37.7 Å². The number of ether oxygens (including phenoxy) is 3. The molecule has 5 N–H and O–H groups in total. The fourth-order valence-corrected chi connectivity index (χ4v) is 10.9. The third kappa shape index (κ3) is 5.49. The second kappa shape index (κ2) is 12.6. The molecule has 0 aromatic heterocycles. The molecular formula is C37H60O9. The van der Waals surface area contributed by atoms with Crippen LogP contribution in [-0.4, -0.2) is 94.1 Å². The largest absolute Gasteiger partial charge is 0.394 e. The van der Waals surface area contributed by atoms with Gasteiger partial charge >= 0.3 is 0 Å². The van der Waals surface area contributed by atoms with Crippen LogP contribution in [0, 0.1) is 45.3 Å². The Kier molecular flexibility index (Phi) is 9.91. The number of hydrogen-bond donors (Lipinski definition) is 5. The minimum absolute atomic E-state index is 0.0144. The minimum Gasteiger partial charge on any atom is -0.394 e. The minimum atomic E-state index is -1.52. The van der Waals surface area contributed by atoms with Crippen molar-refractivity contribution >= 4 is 6.29 Å². The number of aliphatic hydroxyl groups excluding tert-OH is 5. The Bertz CT molecular complexity index is 1180. The molecule has 1 saturated heterocycles. The Labute approximate surface area is 275 Å². The van der Waals surface area contributed by atoms with E-state index < -0.39 is 60.4 Å². The van der Waals surface area contributed by atoms with Crippen LogP contribution in [0.1, 0.15) is 93.4 Å². The van der Waals surface area contributed by atoms with Crippen molar-refractivity contribution in [3.8, 4) is 0 Å². The second-order valence-electron chi connectivity index (χ2n) is 16.9. The van der Waals surface area contributed by atoms with Gasteiger partial charge in [-0.05, 0) is 87.4 Å². The molecule has 1 aliphatic heterocycles. The molecule has 262 valence electrons. The van der Waals surface area contributed by atoms with Crippen molar-refractivity contribution in [1.82, 2.24) is 0 Å². The van der Waals surface area contributed by atoms with Crippen LogP contribution in [0.25, 0.3) is 0 Å². The summed E-state index contributed by atoms with van der Waals surface area (Å²) in [6.45, 7) is 14.8. The van der Waals surface area contributed by atoms with Gasteiger partial charge in [0.05, 0.1) is 24.4 Å². The molecule has 1 heterocycles. The maximum atomic E-state index is 13.5. The number of methoxy groups -OCH3 is 1. The molecular weight excluding hydrogens is 588 g/mol. The number of hydrogen-bond acceptors (Lipinski definition) is 9. The predicted molar refractivity (Wildman–Crippen MR) is 173 cm³/mol. The fraction of sp³-hybridized carbons (Fsp3) is 0.865. The van der Waals surface area contributed by atoms with Gasteiger partial charge in [-0.25, -0.2) is 0 Å². The van der Waals surface area contributed by atoms with Gasteiger partial charge in [-0.15, -0.1) is 0 Å². The number of rotatable bonds is 9. The summed E-state index contributed by atoms with van der Waals surface area (Å²) in [5, 5.41) is 53.0. The van der Waals surface area contributed by atoms with Gasteiger partial charge in [0, 0.05) is 23.9 Å². The Morgan fingerprint density at radius 1 is 1.00 bits per heavy atom. The molecule has 0 spiro atoms. The smallest absolute Gasteiger partial charge is 0.187 e. The first-order valence-electron chi connectivity index (χ1n) is 17.5. The van der Waals surface area contributed by atoms with E-state index in [1.807, 2.05) is 19.9 Å². The van der Waals surface area contributed by atoms with Gasteiger partial charge in [-0.1, -0.05) is 58.4 Å². The van der Waals surface area contributed by atoms with Crippen molar-refractivity contribution in [3.05, 3.63) is 23.8 Å². The zero-order chi connectivity index (χ0) is 34.0. The molecule has 5 rings (SSSR count). The first-order valence-corrected chi connectivity index (χ1v) is 17.5. The Morgan fingerprint density at radius 2 is 1.70 bits per heavy atom. The average Bonchev–Trinajstić information content (AvgIpc) is 3.29. The van der Waals surface area contributed by atoms with Crippen molar-refractivity contribution in [3.63, 3.8) is 0 Å². The van der Waals surface area contributed by atoms with Crippen LogP contribution < -0.4 is 0 Å². The van der Waals surface area contributed by atoms with Crippen LogP contribution in [-0.2, 0) is 19.0 Å². The quantitative estimate of drug-likeness (QED) is 0.185. The Hall–Kier alpha value is -1.17. The number of aldehydes is 1. The highest BCUT2D eigenvalue weighted by Gasteiger charge is 2.71. The number of allylic oxidation sites excluding steroid dienone is 1. The third-order valence-electron chi connectivity index (χ3n) is 14.0. The van der Waals surface area contributed by atoms with Crippen LogP contribution in [0.5, 0.6) is 0 Å². The van der Waals surface area contributed by atoms with E-state index in [0.29, 0.717) is 24.7 Å². The summed E-state index contributed by atoms with van der Waals surface area (Å²) in [5.41, 5.74) is -0.824. The average molecular weight is 649 g/mol. The molecule has 5 aliphatic rings. The first-order chi connectivity index (χ1) is 21.4. The number of fused-ring (bicyclic) bond motifs is 5. The van der Waals surface area contributed by atoms with E-state index in [4.69, 9.17) is 14.2 Å². The normalized spacial score (nSPS) is 47.9. The van der Waals surface area contributed by atoms with E-state index in [-0.39, 0.29) is 28.3 Å². The first kappa shape index (κ1) is 36.1. The van der Waals surface area contributed by atoms with Crippen LogP contribution in [0.15, 0.2) is 23.8 Å². The Balaban J connectivity index is 1.41. The molecule has 3 saturated carbocycles. The zero-order valence-electron chi connectivity index (χ0n) is 29.2. The summed E-state index contributed by atoms with van der Waals surface area (Å²) in [5.74, 6) is 0.707. The van der Waals surface area contributed by atoms with Crippen molar-refractivity contribution < 1.29 is 44.5 Å². The molecule has 4 aliphatic carbocycles. The van der Waals surface area contributed by atoms with Gasteiger partial charge in [0.15, 0.2) is 6.29 Å². The summed E-state index contributed by atoms with van der Waals surface area (Å²) < 4.78 is 17.6. The standard InChI is InChI=1S/C37H60O9/c1-21(10-9-14-33(2,3)44-8)22-13-15-36(7)31-25(40)18-24-23(37(31,20-39)17-16-35(22,36)6)11-12-27(34(24,4)5)46-32-30(43)29(42)28(41)26(19-38)45-32/h9,14,18,20-23,25-32,38,40-43H,10-13,15-17,19H2,1-8H3/t21-,22-,23-,25+,26-,27+,28-,29-,30-,31+,32+,35-,36+,37-/m1/s1. The lowest BCUT2D eigenvalue weighted by atomic mass is 9.38. The molecule has 0 unspecified atom stereocenters. The number of aliphatic hydroxyl groups is 5. The lowest BCUT2D eigenvalue weighted by Crippen LogP contribution is -2.65. The molecule has 0 aromatic carbocycles. The monoisotopic (exact) mass is 648 g/mol. The molecule has 0 amide bonds. The molecule has 14 atom stereocenters. The van der Waals surface area contributed by atoms with Crippen LogP contribution in [0.2, 0.25) is 0 Å². The summed E-state index contributed by atoms with van der Waals surface area (Å²) in [7, 11) is 1.73. The highest BCUT2D eigenvalue weighted by atomic mass is 16.7.